The second-order valence-electron chi connectivity index (χ2n) is 9.61. The van der Waals surface area contributed by atoms with E-state index in [0.717, 1.165) is 4.57 Å². The Bertz CT molecular complexity index is 2120. The number of methoxy groups -OCH3 is 1. The van der Waals surface area contributed by atoms with Crippen molar-refractivity contribution in [2.75, 3.05) is 7.11 Å². The maximum Gasteiger partial charge on any atom is 0.332 e. The number of nitrogens with zero attached hydrogens (tertiary/aromatic N) is 6. The number of carbonyl (C=O) groups excluding carboxylic acids is 1. The van der Waals surface area contributed by atoms with Gasteiger partial charge in [0.2, 0.25) is 0 Å². The van der Waals surface area contributed by atoms with Gasteiger partial charge in [0.05, 0.1) is 24.8 Å². The Balaban J connectivity index is 1.45. The summed E-state index contributed by atoms with van der Waals surface area (Å²) in [5, 5.41) is 15.6. The van der Waals surface area contributed by atoms with Crippen LogP contribution in [0.1, 0.15) is 21.5 Å². The minimum Gasteiger partial charge on any atom is -0.493 e. The van der Waals surface area contributed by atoms with Gasteiger partial charge in [0.25, 0.3) is 17.2 Å². The number of aromatic nitrogens is 4. The number of aryl methyl sites for hydroxylation is 1. The number of hydrogen-bond acceptors (Lipinski definition) is 9. The molecule has 1 amide bonds. The molecular weight excluding hydrogens is 629 g/mol. The lowest BCUT2D eigenvalue weighted by molar-refractivity contribution is -0.384. The highest BCUT2D eigenvalue weighted by Gasteiger charge is 2.22. The average molecular weight is 652 g/mol. The number of ether oxygens (including phenoxy) is 2. The van der Waals surface area contributed by atoms with Gasteiger partial charge in [-0.2, -0.15) is 10.1 Å². The van der Waals surface area contributed by atoms with Crippen LogP contribution in [0.15, 0.2) is 75.4 Å². The zero-order chi connectivity index (χ0) is 32.4. The minimum absolute atomic E-state index is 0.00982. The molecule has 2 heterocycles. The first kappa shape index (κ1) is 31.0. The Morgan fingerprint density at radius 2 is 1.78 bits per heavy atom. The first-order valence-electron chi connectivity index (χ1n) is 13.0. The summed E-state index contributed by atoms with van der Waals surface area (Å²) < 4.78 is 15.4. The molecule has 0 unspecified atom stereocenters. The predicted molar refractivity (Wildman–Crippen MR) is 167 cm³/mol. The molecule has 1 N–H and O–H groups in total. The quantitative estimate of drug-likeness (QED) is 0.140. The van der Waals surface area contributed by atoms with E-state index in [1.165, 1.54) is 60.8 Å². The van der Waals surface area contributed by atoms with Crippen LogP contribution < -0.4 is 26.1 Å². The van der Waals surface area contributed by atoms with Crippen molar-refractivity contribution in [2.45, 2.75) is 6.54 Å². The van der Waals surface area contributed by atoms with Gasteiger partial charge in [-0.05, 0) is 53.6 Å². The van der Waals surface area contributed by atoms with Crippen molar-refractivity contribution in [3.63, 3.8) is 0 Å². The molecule has 0 saturated heterocycles. The zero-order valence-electron chi connectivity index (χ0n) is 23.9. The van der Waals surface area contributed by atoms with Gasteiger partial charge in [0, 0.05) is 41.8 Å². The third-order valence-corrected chi connectivity index (χ3v) is 7.35. The third kappa shape index (κ3) is 6.27. The summed E-state index contributed by atoms with van der Waals surface area (Å²) in [5.41, 5.74) is 2.65. The normalized spacial score (nSPS) is 11.2. The Labute approximate surface area is 263 Å². The number of hydrazone groups is 1. The van der Waals surface area contributed by atoms with E-state index >= 15 is 0 Å². The summed E-state index contributed by atoms with van der Waals surface area (Å²) in [5.74, 6) is -0.0657. The second kappa shape index (κ2) is 12.6. The Morgan fingerprint density at radius 1 is 1.04 bits per heavy atom. The van der Waals surface area contributed by atoms with E-state index in [0.29, 0.717) is 21.2 Å². The van der Waals surface area contributed by atoms with Gasteiger partial charge < -0.3 is 9.47 Å². The zero-order valence-corrected chi connectivity index (χ0v) is 25.4. The van der Waals surface area contributed by atoms with E-state index in [9.17, 15) is 24.5 Å². The number of amides is 1. The van der Waals surface area contributed by atoms with Gasteiger partial charge in [-0.25, -0.2) is 10.2 Å². The average Bonchev–Trinajstić information content (AvgIpc) is 3.38. The van der Waals surface area contributed by atoms with Crippen LogP contribution in [0, 0.1) is 10.1 Å². The van der Waals surface area contributed by atoms with Gasteiger partial charge in [-0.1, -0.05) is 29.3 Å². The molecule has 0 bridgehead atoms. The van der Waals surface area contributed by atoms with Crippen LogP contribution in [0.3, 0.4) is 0 Å². The van der Waals surface area contributed by atoms with E-state index in [1.807, 2.05) is 0 Å². The van der Waals surface area contributed by atoms with E-state index in [4.69, 9.17) is 32.7 Å². The van der Waals surface area contributed by atoms with Crippen LogP contribution in [0.2, 0.25) is 10.0 Å². The number of hydrogen-bond donors (Lipinski definition) is 1. The summed E-state index contributed by atoms with van der Waals surface area (Å²) in [6.07, 6.45) is 1.37. The molecule has 45 heavy (non-hydrogen) atoms. The monoisotopic (exact) mass is 651 g/mol. The number of halogens is 2. The molecule has 16 heteroatoms. The van der Waals surface area contributed by atoms with Gasteiger partial charge in [0.1, 0.15) is 0 Å². The molecule has 0 aliphatic carbocycles. The highest BCUT2D eigenvalue weighted by molar-refractivity contribution is 6.35. The number of nitro benzene ring substituents is 1. The van der Waals surface area contributed by atoms with Gasteiger partial charge in [-0.3, -0.25) is 33.4 Å². The number of carbonyl (C=O) groups is 1. The maximum atomic E-state index is 13.2. The summed E-state index contributed by atoms with van der Waals surface area (Å²) >= 11 is 12.5. The van der Waals surface area contributed by atoms with Crippen LogP contribution in [0.4, 0.5) is 5.69 Å². The molecule has 230 valence electrons. The molecule has 0 saturated carbocycles. The smallest absolute Gasteiger partial charge is 0.332 e. The van der Waals surface area contributed by atoms with Crippen molar-refractivity contribution in [1.29, 1.82) is 0 Å². The first-order valence-corrected chi connectivity index (χ1v) is 13.8. The van der Waals surface area contributed by atoms with Crippen LogP contribution in [0.25, 0.3) is 11.2 Å². The van der Waals surface area contributed by atoms with E-state index in [-0.39, 0.29) is 46.5 Å². The first-order chi connectivity index (χ1) is 21.5. The topological polar surface area (TPSA) is 165 Å². The van der Waals surface area contributed by atoms with Crippen LogP contribution in [-0.2, 0) is 20.6 Å². The Hall–Kier alpha value is -5.47. The summed E-state index contributed by atoms with van der Waals surface area (Å²) in [7, 11) is 4.29. The van der Waals surface area contributed by atoms with Crippen LogP contribution in [-0.4, -0.2) is 42.8 Å². The summed E-state index contributed by atoms with van der Waals surface area (Å²) in [4.78, 5) is 53.0. The lowest BCUT2D eigenvalue weighted by Crippen LogP contribution is -2.37. The molecule has 14 nitrogen and oxygen atoms in total. The molecule has 0 aliphatic rings. The highest BCUT2D eigenvalue weighted by atomic mass is 35.5. The second-order valence-corrected chi connectivity index (χ2v) is 10.5. The van der Waals surface area contributed by atoms with Gasteiger partial charge >= 0.3 is 11.7 Å². The highest BCUT2D eigenvalue weighted by Crippen LogP contribution is 2.34. The number of benzene rings is 3. The van der Waals surface area contributed by atoms with Crippen molar-refractivity contribution in [1.82, 2.24) is 24.1 Å². The fourth-order valence-electron chi connectivity index (χ4n) is 4.38. The Kier molecular flexibility index (Phi) is 8.70. The van der Waals surface area contributed by atoms with Gasteiger partial charge in [0.15, 0.2) is 22.7 Å². The van der Waals surface area contributed by atoms with E-state index < -0.39 is 22.1 Å². The summed E-state index contributed by atoms with van der Waals surface area (Å²) in [6, 6.07) is 14.8. The third-order valence-electron chi connectivity index (χ3n) is 6.77. The van der Waals surface area contributed by atoms with Crippen molar-refractivity contribution >= 4 is 52.2 Å². The Morgan fingerprint density at radius 3 is 2.44 bits per heavy atom. The number of fused-ring (bicyclic) bond motifs is 1. The number of rotatable bonds is 9. The SMILES string of the molecule is COc1cc(/C=N\NC(=O)c2ccc([N+](=O)[O-])cc2)ccc1Oc1nc2c(c(=O)n(C)c(=O)n2C)n1Cc1ccc(Cl)cc1Cl. The molecule has 0 spiro atoms. The molecule has 0 radical (unpaired) electrons. The lowest BCUT2D eigenvalue weighted by Gasteiger charge is -2.13. The number of nitro groups is 1. The predicted octanol–water partition coefficient (Wildman–Crippen LogP) is 4.26. The number of non-ortho nitro benzene ring substituents is 1. The van der Waals surface area contributed by atoms with Crippen molar-refractivity contribution < 1.29 is 19.2 Å². The largest absolute Gasteiger partial charge is 0.493 e. The molecule has 2 aromatic heterocycles. The standard InChI is InChI=1S/C29H23Cl2N7O7/c1-35-25-24(27(40)36(2)29(35)41)37(15-18-5-8-19(30)13-21(18)31)28(33-25)45-22-11-4-16(12-23(22)44-3)14-32-34-26(39)17-6-9-20(10-7-17)38(42)43/h4-14H,15H2,1-3H3,(H,34,39)/b32-14-. The van der Waals surface area contributed by atoms with E-state index in [2.05, 4.69) is 15.5 Å². The van der Waals surface area contributed by atoms with Crippen LogP contribution in [0.5, 0.6) is 17.5 Å². The molecular formula is C29H23Cl2N7O7. The van der Waals surface area contributed by atoms with Crippen LogP contribution >= 0.6 is 23.2 Å². The molecule has 0 aliphatic heterocycles. The van der Waals surface area contributed by atoms with Crippen molar-refractivity contribution in [3.05, 3.63) is 118 Å². The molecule has 3 aromatic carbocycles. The molecule has 0 fully saturated rings. The lowest BCUT2D eigenvalue weighted by atomic mass is 10.2. The fourth-order valence-corrected chi connectivity index (χ4v) is 4.85. The molecule has 5 aromatic rings. The number of nitrogens with one attached hydrogen (secondary N) is 1. The van der Waals surface area contributed by atoms with E-state index in [1.54, 1.807) is 36.4 Å². The minimum atomic E-state index is -0.574. The van der Waals surface area contributed by atoms with Crippen molar-refractivity contribution in [2.24, 2.45) is 19.2 Å². The molecule has 5 rings (SSSR count). The maximum absolute atomic E-state index is 13.2. The van der Waals surface area contributed by atoms with Gasteiger partial charge in [-0.15, -0.1) is 0 Å². The molecule has 0 atom stereocenters. The number of imidazole rings is 1. The fraction of sp³-hybridized carbons (Fsp3) is 0.138. The summed E-state index contributed by atoms with van der Waals surface area (Å²) in [6.45, 7) is 0.0663. The van der Waals surface area contributed by atoms with Crippen molar-refractivity contribution in [3.8, 4) is 17.5 Å².